The van der Waals surface area contributed by atoms with Crippen molar-refractivity contribution in [2.24, 2.45) is 0 Å². The van der Waals surface area contributed by atoms with Gasteiger partial charge < -0.3 is 10.1 Å². The van der Waals surface area contributed by atoms with Gasteiger partial charge in [0.2, 0.25) is 0 Å². The third kappa shape index (κ3) is 2.98. The first kappa shape index (κ1) is 13.2. The van der Waals surface area contributed by atoms with Gasteiger partial charge in [-0.05, 0) is 43.7 Å². The van der Waals surface area contributed by atoms with E-state index >= 15 is 0 Å². The lowest BCUT2D eigenvalue weighted by Gasteiger charge is -2.16. The largest absolute Gasteiger partial charge is 0.495 e. The molecule has 0 bridgehead atoms. The van der Waals surface area contributed by atoms with Crippen LogP contribution in [-0.4, -0.2) is 7.11 Å². The van der Waals surface area contributed by atoms with Gasteiger partial charge in [0.05, 0.1) is 23.2 Å². The molecule has 0 spiro atoms. The van der Waals surface area contributed by atoms with Crippen LogP contribution in [0.25, 0.3) is 0 Å². The summed E-state index contributed by atoms with van der Waals surface area (Å²) in [6.45, 7) is 4.16. The van der Waals surface area contributed by atoms with Crippen LogP contribution in [0.2, 0.25) is 4.34 Å². The summed E-state index contributed by atoms with van der Waals surface area (Å²) in [6, 6.07) is 10.3. The number of nitrogens with one attached hydrogen (secondary N) is 1. The van der Waals surface area contributed by atoms with Crippen LogP contribution in [0.1, 0.15) is 23.4 Å². The zero-order valence-electron chi connectivity index (χ0n) is 10.7. The number of rotatable bonds is 4. The van der Waals surface area contributed by atoms with E-state index in [4.69, 9.17) is 16.3 Å². The van der Waals surface area contributed by atoms with E-state index in [0.717, 1.165) is 15.8 Å². The van der Waals surface area contributed by atoms with Gasteiger partial charge in [0.1, 0.15) is 5.75 Å². The molecule has 2 nitrogen and oxygen atoms in total. The third-order valence-electron chi connectivity index (χ3n) is 2.75. The molecule has 0 radical (unpaired) electrons. The van der Waals surface area contributed by atoms with Gasteiger partial charge in [-0.15, -0.1) is 11.3 Å². The van der Waals surface area contributed by atoms with Crippen molar-refractivity contribution in [3.05, 3.63) is 45.1 Å². The molecule has 1 aromatic heterocycles. The number of methoxy groups -OCH3 is 1. The third-order valence-corrected chi connectivity index (χ3v) is 4.16. The molecule has 0 amide bonds. The first-order valence-electron chi connectivity index (χ1n) is 5.76. The maximum atomic E-state index is 5.95. The number of benzene rings is 1. The molecule has 4 heteroatoms. The molecule has 0 aliphatic heterocycles. The molecular formula is C14H16ClNOS. The first-order valence-corrected chi connectivity index (χ1v) is 6.96. The fourth-order valence-corrected chi connectivity index (χ4v) is 2.85. The molecule has 2 rings (SSSR count). The van der Waals surface area contributed by atoms with E-state index < -0.39 is 0 Å². The predicted octanol–water partition coefficient (Wildman–Crippen LogP) is 4.89. The molecule has 18 heavy (non-hydrogen) atoms. The molecule has 0 saturated carbocycles. The maximum absolute atomic E-state index is 5.95. The SMILES string of the molecule is COc1cc(C)ccc1NC(C)c1ccc(Cl)s1. The van der Waals surface area contributed by atoms with E-state index in [9.17, 15) is 0 Å². The van der Waals surface area contributed by atoms with Crippen molar-refractivity contribution in [1.29, 1.82) is 0 Å². The fraction of sp³-hybridized carbons (Fsp3) is 0.286. The van der Waals surface area contributed by atoms with Gasteiger partial charge in [0, 0.05) is 4.88 Å². The highest BCUT2D eigenvalue weighted by Gasteiger charge is 2.10. The molecule has 0 fully saturated rings. The summed E-state index contributed by atoms with van der Waals surface area (Å²) in [5.74, 6) is 0.865. The van der Waals surface area contributed by atoms with Crippen LogP contribution in [-0.2, 0) is 0 Å². The van der Waals surface area contributed by atoms with E-state index in [1.165, 1.54) is 10.4 Å². The van der Waals surface area contributed by atoms with Crippen LogP contribution in [0, 0.1) is 6.92 Å². The minimum absolute atomic E-state index is 0.208. The van der Waals surface area contributed by atoms with Crippen LogP contribution < -0.4 is 10.1 Å². The highest BCUT2D eigenvalue weighted by Crippen LogP contribution is 2.32. The number of hydrogen-bond acceptors (Lipinski definition) is 3. The minimum Gasteiger partial charge on any atom is -0.495 e. The summed E-state index contributed by atoms with van der Waals surface area (Å²) >= 11 is 7.55. The standard InChI is InChI=1S/C14H16ClNOS/c1-9-4-5-11(12(8-9)17-3)16-10(2)13-6-7-14(15)18-13/h4-8,10,16H,1-3H3. The molecule has 96 valence electrons. The van der Waals surface area contributed by atoms with Gasteiger partial charge in [-0.2, -0.15) is 0 Å². The Kier molecular flexibility index (Phi) is 4.15. The van der Waals surface area contributed by atoms with E-state index in [2.05, 4.69) is 25.2 Å². The second-order valence-corrected chi connectivity index (χ2v) is 5.96. The number of ether oxygens (including phenoxy) is 1. The minimum atomic E-state index is 0.208. The summed E-state index contributed by atoms with van der Waals surface area (Å²) in [6.07, 6.45) is 0. The van der Waals surface area contributed by atoms with Crippen LogP contribution in [0.4, 0.5) is 5.69 Å². The van der Waals surface area contributed by atoms with Gasteiger partial charge in [-0.3, -0.25) is 0 Å². The molecule has 1 N–H and O–H groups in total. The molecule has 1 unspecified atom stereocenters. The number of anilines is 1. The van der Waals surface area contributed by atoms with Crippen molar-refractivity contribution in [3.8, 4) is 5.75 Å². The quantitative estimate of drug-likeness (QED) is 0.861. The Bertz CT molecular complexity index is 538. The van der Waals surface area contributed by atoms with Gasteiger partial charge in [-0.25, -0.2) is 0 Å². The Balaban J connectivity index is 2.18. The second kappa shape index (κ2) is 5.63. The van der Waals surface area contributed by atoms with E-state index in [0.29, 0.717) is 0 Å². The van der Waals surface area contributed by atoms with Gasteiger partial charge in [0.15, 0.2) is 0 Å². The molecule has 0 aliphatic carbocycles. The van der Waals surface area contributed by atoms with Crippen molar-refractivity contribution in [2.75, 3.05) is 12.4 Å². The summed E-state index contributed by atoms with van der Waals surface area (Å²) in [7, 11) is 1.69. The summed E-state index contributed by atoms with van der Waals surface area (Å²) in [5.41, 5.74) is 2.18. The average molecular weight is 282 g/mol. The van der Waals surface area contributed by atoms with Crippen molar-refractivity contribution >= 4 is 28.6 Å². The summed E-state index contributed by atoms with van der Waals surface area (Å²) in [4.78, 5) is 1.21. The highest BCUT2D eigenvalue weighted by atomic mass is 35.5. The van der Waals surface area contributed by atoms with Gasteiger partial charge in [0.25, 0.3) is 0 Å². The molecule has 1 heterocycles. The van der Waals surface area contributed by atoms with Crippen LogP contribution in [0.3, 0.4) is 0 Å². The van der Waals surface area contributed by atoms with E-state index in [1.54, 1.807) is 18.4 Å². The smallest absolute Gasteiger partial charge is 0.142 e. The molecule has 0 aliphatic rings. The number of thiophene rings is 1. The van der Waals surface area contributed by atoms with Crippen LogP contribution >= 0.6 is 22.9 Å². The number of halogens is 1. The van der Waals surface area contributed by atoms with Crippen molar-refractivity contribution < 1.29 is 4.74 Å². The Hall–Kier alpha value is -1.19. The second-order valence-electron chi connectivity index (χ2n) is 4.21. The average Bonchev–Trinajstić information content (AvgIpc) is 2.78. The monoisotopic (exact) mass is 281 g/mol. The lowest BCUT2D eigenvalue weighted by Crippen LogP contribution is -2.06. The molecule has 2 aromatic rings. The lowest BCUT2D eigenvalue weighted by molar-refractivity contribution is 0.416. The molecule has 1 atom stereocenters. The summed E-state index contributed by atoms with van der Waals surface area (Å²) < 4.78 is 6.20. The topological polar surface area (TPSA) is 21.3 Å². The van der Waals surface area contributed by atoms with Gasteiger partial charge >= 0.3 is 0 Å². The zero-order chi connectivity index (χ0) is 13.1. The Morgan fingerprint density at radius 2 is 2.06 bits per heavy atom. The first-order chi connectivity index (χ1) is 8.60. The normalized spacial score (nSPS) is 12.2. The summed E-state index contributed by atoms with van der Waals surface area (Å²) in [5, 5.41) is 3.45. The molecular weight excluding hydrogens is 266 g/mol. The molecule has 0 saturated heterocycles. The van der Waals surface area contributed by atoms with Crippen molar-refractivity contribution in [1.82, 2.24) is 0 Å². The zero-order valence-corrected chi connectivity index (χ0v) is 12.2. The lowest BCUT2D eigenvalue weighted by atomic mass is 10.2. The molecule has 1 aromatic carbocycles. The maximum Gasteiger partial charge on any atom is 0.142 e. The van der Waals surface area contributed by atoms with Crippen LogP contribution in [0.15, 0.2) is 30.3 Å². The van der Waals surface area contributed by atoms with Crippen molar-refractivity contribution in [3.63, 3.8) is 0 Å². The predicted molar refractivity (Wildman–Crippen MR) is 79.1 cm³/mol. The van der Waals surface area contributed by atoms with Crippen molar-refractivity contribution in [2.45, 2.75) is 19.9 Å². The van der Waals surface area contributed by atoms with E-state index in [1.807, 2.05) is 24.3 Å². The van der Waals surface area contributed by atoms with Gasteiger partial charge in [-0.1, -0.05) is 17.7 Å². The highest BCUT2D eigenvalue weighted by molar-refractivity contribution is 7.16. The Labute approximate surface area is 117 Å². The number of hydrogen-bond donors (Lipinski definition) is 1. The Morgan fingerprint density at radius 3 is 2.67 bits per heavy atom. The van der Waals surface area contributed by atoms with Crippen LogP contribution in [0.5, 0.6) is 5.75 Å². The van der Waals surface area contributed by atoms with E-state index in [-0.39, 0.29) is 6.04 Å². The number of aryl methyl sites for hydroxylation is 1. The fourth-order valence-electron chi connectivity index (χ4n) is 1.78. The Morgan fingerprint density at radius 1 is 1.28 bits per heavy atom.